The maximum atomic E-state index is 11.8. The van der Waals surface area contributed by atoms with Gasteiger partial charge in [0.25, 0.3) is 0 Å². The van der Waals surface area contributed by atoms with Gasteiger partial charge in [0.15, 0.2) is 0 Å². The number of nitrogens with zero attached hydrogens (tertiary/aromatic N) is 1. The van der Waals surface area contributed by atoms with Crippen LogP contribution in [0.25, 0.3) is 0 Å². The maximum Gasteiger partial charge on any atom is 0.338 e. The lowest BCUT2D eigenvalue weighted by atomic mass is 10.1. The van der Waals surface area contributed by atoms with Crippen molar-refractivity contribution in [1.82, 2.24) is 0 Å². The second-order valence-electron chi connectivity index (χ2n) is 4.52. The summed E-state index contributed by atoms with van der Waals surface area (Å²) in [7, 11) is 0. The van der Waals surface area contributed by atoms with E-state index in [4.69, 9.17) is 9.94 Å². The van der Waals surface area contributed by atoms with Crippen molar-refractivity contribution in [3.63, 3.8) is 0 Å². The number of carbonyl (C=O) groups is 1. The van der Waals surface area contributed by atoms with Crippen molar-refractivity contribution in [1.29, 1.82) is 0 Å². The maximum absolute atomic E-state index is 11.8. The summed E-state index contributed by atoms with van der Waals surface area (Å²) in [4.78, 5) is 11.8. The van der Waals surface area contributed by atoms with Crippen LogP contribution in [0.3, 0.4) is 0 Å². The van der Waals surface area contributed by atoms with Crippen LogP contribution in [-0.4, -0.2) is 23.0 Å². The summed E-state index contributed by atoms with van der Waals surface area (Å²) >= 11 is 3.28. The summed E-state index contributed by atoms with van der Waals surface area (Å²) in [5, 5.41) is 11.4. The molecular formula is C12H14BrNO3. The Balaban J connectivity index is 3.02. The summed E-state index contributed by atoms with van der Waals surface area (Å²) in [6.45, 7) is 5.41. The fourth-order valence-electron chi connectivity index (χ4n) is 1.21. The van der Waals surface area contributed by atoms with Gasteiger partial charge in [-0.25, -0.2) is 4.79 Å². The first-order valence-corrected chi connectivity index (χ1v) is 5.82. The Kier molecular flexibility index (Phi) is 4.28. The van der Waals surface area contributed by atoms with E-state index in [1.165, 1.54) is 6.21 Å². The van der Waals surface area contributed by atoms with E-state index >= 15 is 0 Å². The molecule has 0 aromatic heterocycles. The smallest absolute Gasteiger partial charge is 0.338 e. The third-order valence-electron chi connectivity index (χ3n) is 1.76. The minimum absolute atomic E-state index is 0.407. The number of hydrogen-bond acceptors (Lipinski definition) is 4. The Hall–Kier alpha value is -1.36. The number of hydrogen-bond donors (Lipinski definition) is 1. The van der Waals surface area contributed by atoms with Gasteiger partial charge in [0, 0.05) is 4.47 Å². The number of carbonyl (C=O) groups excluding carboxylic acids is 1. The van der Waals surface area contributed by atoms with Crippen LogP contribution in [0.2, 0.25) is 0 Å². The van der Waals surface area contributed by atoms with Crippen LogP contribution >= 0.6 is 15.9 Å². The molecule has 0 bridgehead atoms. The quantitative estimate of drug-likeness (QED) is 0.395. The van der Waals surface area contributed by atoms with Crippen LogP contribution < -0.4 is 0 Å². The van der Waals surface area contributed by atoms with Crippen molar-refractivity contribution >= 4 is 28.1 Å². The minimum atomic E-state index is -0.537. The first-order valence-electron chi connectivity index (χ1n) is 5.03. The van der Waals surface area contributed by atoms with Gasteiger partial charge in [0.05, 0.1) is 11.8 Å². The average molecular weight is 300 g/mol. The minimum Gasteiger partial charge on any atom is -0.456 e. The van der Waals surface area contributed by atoms with Crippen molar-refractivity contribution in [3.8, 4) is 0 Å². The zero-order valence-electron chi connectivity index (χ0n) is 9.90. The Morgan fingerprint density at radius 1 is 1.41 bits per heavy atom. The number of ether oxygens (including phenoxy) is 1. The van der Waals surface area contributed by atoms with E-state index in [1.54, 1.807) is 39.0 Å². The van der Waals surface area contributed by atoms with E-state index in [1.807, 2.05) is 0 Å². The lowest BCUT2D eigenvalue weighted by Gasteiger charge is -2.19. The number of oxime groups is 1. The van der Waals surface area contributed by atoms with Gasteiger partial charge < -0.3 is 9.94 Å². The van der Waals surface area contributed by atoms with E-state index in [0.717, 1.165) is 4.47 Å². The van der Waals surface area contributed by atoms with E-state index in [2.05, 4.69) is 21.1 Å². The van der Waals surface area contributed by atoms with Crippen LogP contribution in [-0.2, 0) is 4.74 Å². The molecule has 1 aromatic rings. The van der Waals surface area contributed by atoms with Gasteiger partial charge in [-0.15, -0.1) is 0 Å². The lowest BCUT2D eigenvalue weighted by molar-refractivity contribution is 0.00694. The van der Waals surface area contributed by atoms with Crippen molar-refractivity contribution in [2.75, 3.05) is 0 Å². The zero-order valence-corrected chi connectivity index (χ0v) is 11.5. The molecule has 1 N–H and O–H groups in total. The van der Waals surface area contributed by atoms with E-state index in [-0.39, 0.29) is 0 Å². The lowest BCUT2D eigenvalue weighted by Crippen LogP contribution is -2.24. The predicted octanol–water partition coefficient (Wildman–Crippen LogP) is 3.21. The molecule has 1 aromatic carbocycles. The monoisotopic (exact) mass is 299 g/mol. The van der Waals surface area contributed by atoms with Gasteiger partial charge in [0.1, 0.15) is 5.60 Å². The van der Waals surface area contributed by atoms with Crippen molar-refractivity contribution in [2.24, 2.45) is 5.16 Å². The summed E-state index contributed by atoms with van der Waals surface area (Å²) in [5.41, 5.74) is 0.483. The van der Waals surface area contributed by atoms with Gasteiger partial charge in [-0.1, -0.05) is 21.1 Å². The molecule has 0 heterocycles. The van der Waals surface area contributed by atoms with Gasteiger partial charge >= 0.3 is 5.97 Å². The molecule has 0 aliphatic heterocycles. The van der Waals surface area contributed by atoms with Crippen LogP contribution in [0, 0.1) is 0 Å². The molecule has 0 aliphatic rings. The van der Waals surface area contributed by atoms with Gasteiger partial charge in [0.2, 0.25) is 0 Å². The highest BCUT2D eigenvalue weighted by Gasteiger charge is 2.18. The molecule has 0 unspecified atom stereocenters. The normalized spacial score (nSPS) is 11.8. The first kappa shape index (κ1) is 13.7. The highest BCUT2D eigenvalue weighted by atomic mass is 79.9. The number of esters is 1. The second-order valence-corrected chi connectivity index (χ2v) is 5.44. The average Bonchev–Trinajstić information content (AvgIpc) is 2.14. The number of rotatable bonds is 2. The predicted molar refractivity (Wildman–Crippen MR) is 68.7 cm³/mol. The van der Waals surface area contributed by atoms with Crippen molar-refractivity contribution < 1.29 is 14.7 Å². The summed E-state index contributed by atoms with van der Waals surface area (Å²) in [5.74, 6) is -0.411. The van der Waals surface area contributed by atoms with Crippen LogP contribution in [0.15, 0.2) is 27.8 Å². The Labute approximate surface area is 108 Å². The van der Waals surface area contributed by atoms with E-state index in [0.29, 0.717) is 11.1 Å². The van der Waals surface area contributed by atoms with Crippen molar-refractivity contribution in [2.45, 2.75) is 26.4 Å². The SMILES string of the molecule is CC(C)(C)OC(=O)c1cc(Br)cc(/C=N\O)c1. The Morgan fingerprint density at radius 2 is 2.06 bits per heavy atom. The summed E-state index contributed by atoms with van der Waals surface area (Å²) in [6.07, 6.45) is 1.25. The molecule has 1 rings (SSSR count). The first-order chi connectivity index (χ1) is 7.81. The molecule has 0 radical (unpaired) electrons. The van der Waals surface area contributed by atoms with Crippen LogP contribution in [0.4, 0.5) is 0 Å². The topological polar surface area (TPSA) is 58.9 Å². The Bertz CT molecular complexity index is 450. The third-order valence-corrected chi connectivity index (χ3v) is 2.22. The van der Waals surface area contributed by atoms with Crippen LogP contribution in [0.1, 0.15) is 36.7 Å². The largest absolute Gasteiger partial charge is 0.456 e. The van der Waals surface area contributed by atoms with Gasteiger partial charge in [-0.2, -0.15) is 0 Å². The fourth-order valence-corrected chi connectivity index (χ4v) is 1.72. The zero-order chi connectivity index (χ0) is 13.1. The molecule has 0 fully saturated rings. The third kappa shape index (κ3) is 4.56. The van der Waals surface area contributed by atoms with Gasteiger partial charge in [-0.05, 0) is 44.5 Å². The molecule has 0 spiro atoms. The molecule has 0 saturated heterocycles. The summed E-state index contributed by atoms with van der Waals surface area (Å²) < 4.78 is 5.96. The molecule has 0 atom stereocenters. The fraction of sp³-hybridized carbons (Fsp3) is 0.333. The highest BCUT2D eigenvalue weighted by molar-refractivity contribution is 9.10. The van der Waals surface area contributed by atoms with Crippen LogP contribution in [0.5, 0.6) is 0 Å². The molecule has 0 amide bonds. The number of benzene rings is 1. The molecule has 92 valence electrons. The molecule has 4 nitrogen and oxygen atoms in total. The van der Waals surface area contributed by atoms with Crippen molar-refractivity contribution in [3.05, 3.63) is 33.8 Å². The standard InChI is InChI=1S/C12H14BrNO3/c1-12(2,3)17-11(15)9-4-8(7-14-16)5-10(13)6-9/h4-7,16H,1-3H3/b14-7-. The van der Waals surface area contributed by atoms with E-state index in [9.17, 15) is 4.79 Å². The Morgan fingerprint density at radius 3 is 2.59 bits per heavy atom. The molecule has 17 heavy (non-hydrogen) atoms. The summed E-state index contributed by atoms with van der Waals surface area (Å²) in [6, 6.07) is 4.98. The number of halogens is 1. The molecule has 0 saturated carbocycles. The molecular weight excluding hydrogens is 286 g/mol. The second kappa shape index (κ2) is 5.31. The van der Waals surface area contributed by atoms with Gasteiger partial charge in [-0.3, -0.25) is 0 Å². The molecule has 0 aliphatic carbocycles. The molecule has 5 heteroatoms. The highest BCUT2D eigenvalue weighted by Crippen LogP contribution is 2.18. The van der Waals surface area contributed by atoms with E-state index < -0.39 is 11.6 Å².